The fourth-order valence-corrected chi connectivity index (χ4v) is 4.94. The first kappa shape index (κ1) is 29.4. The van der Waals surface area contributed by atoms with E-state index in [-0.39, 0.29) is 25.7 Å². The summed E-state index contributed by atoms with van der Waals surface area (Å²) >= 11 is 6.20. The highest BCUT2D eigenvalue weighted by Gasteiger charge is 2.34. The van der Waals surface area contributed by atoms with Gasteiger partial charge >= 0.3 is 12.1 Å². The first-order valence-electron chi connectivity index (χ1n) is 12.8. The molecule has 1 aromatic rings. The predicted octanol–water partition coefficient (Wildman–Crippen LogP) is 1.84. The number of carbonyl (C=O) groups excluding carboxylic acids is 1. The number of likely N-dealkylation sites (N-methyl/N-ethyl adjacent to an activating group) is 1. The fraction of sp³-hybridized carbons (Fsp3) is 0.680. The number of carboxylic acid groups (broad SMARTS) is 1. The Kier molecular flexibility index (Phi) is 12.2. The molecule has 2 fully saturated rings. The van der Waals surface area contributed by atoms with Crippen LogP contribution in [-0.2, 0) is 14.2 Å². The van der Waals surface area contributed by atoms with Gasteiger partial charge < -0.3 is 45.3 Å². The van der Waals surface area contributed by atoms with E-state index in [0.29, 0.717) is 50.3 Å². The first-order chi connectivity index (χ1) is 17.9. The van der Waals surface area contributed by atoms with Gasteiger partial charge in [-0.1, -0.05) is 23.7 Å². The van der Waals surface area contributed by atoms with Crippen molar-refractivity contribution in [2.45, 2.75) is 43.6 Å². The Hall–Kier alpha value is -2.15. The fourth-order valence-electron chi connectivity index (χ4n) is 4.74. The number of aliphatic hydroxyl groups is 1. The van der Waals surface area contributed by atoms with Crippen LogP contribution in [0.25, 0.3) is 0 Å². The van der Waals surface area contributed by atoms with Crippen LogP contribution >= 0.6 is 11.6 Å². The van der Waals surface area contributed by atoms with Crippen LogP contribution in [0.2, 0.25) is 5.02 Å². The van der Waals surface area contributed by atoms with Crippen LogP contribution in [0.15, 0.2) is 24.3 Å². The van der Waals surface area contributed by atoms with Crippen molar-refractivity contribution in [3.8, 4) is 0 Å². The van der Waals surface area contributed by atoms with E-state index in [1.54, 1.807) is 30.1 Å². The van der Waals surface area contributed by atoms with Gasteiger partial charge in [-0.3, -0.25) is 0 Å². The number of nitrogens with zero attached hydrogens (tertiary/aromatic N) is 1. The number of aliphatic hydroxyl groups excluding tert-OH is 1. The van der Waals surface area contributed by atoms with Crippen LogP contribution in [-0.4, -0.2) is 105 Å². The van der Waals surface area contributed by atoms with E-state index in [1.807, 2.05) is 6.07 Å². The van der Waals surface area contributed by atoms with E-state index < -0.39 is 30.4 Å². The predicted molar refractivity (Wildman–Crippen MR) is 138 cm³/mol. The average molecular weight is 543 g/mol. The Labute approximate surface area is 222 Å². The van der Waals surface area contributed by atoms with E-state index in [9.17, 15) is 14.7 Å². The van der Waals surface area contributed by atoms with E-state index in [1.165, 1.54) is 0 Å². The smallest absolute Gasteiger partial charge is 0.404 e. The number of rotatable bonds is 12. The summed E-state index contributed by atoms with van der Waals surface area (Å²) in [6.07, 6.45) is -0.400. The SMILES string of the molecule is CNCC(O)C(CC1CCOCC1)NC(=O)N1CCOC(C(OCCNC(=O)O)c2cccc(Cl)c2)C1. The van der Waals surface area contributed by atoms with Gasteiger partial charge in [-0.05, 0) is 49.9 Å². The molecule has 0 aromatic heterocycles. The van der Waals surface area contributed by atoms with Crippen LogP contribution in [0.1, 0.15) is 30.9 Å². The Morgan fingerprint density at radius 2 is 2.05 bits per heavy atom. The quantitative estimate of drug-likeness (QED) is 0.252. The highest BCUT2D eigenvalue weighted by Crippen LogP contribution is 2.28. The lowest BCUT2D eigenvalue weighted by molar-refractivity contribution is -0.105. The molecular weight excluding hydrogens is 504 g/mol. The molecule has 0 radical (unpaired) electrons. The maximum absolute atomic E-state index is 13.3. The van der Waals surface area contributed by atoms with Crippen molar-refractivity contribution in [1.82, 2.24) is 20.9 Å². The minimum absolute atomic E-state index is 0.112. The van der Waals surface area contributed by atoms with Gasteiger partial charge in [0.15, 0.2) is 0 Å². The van der Waals surface area contributed by atoms with E-state index >= 15 is 0 Å². The highest BCUT2D eigenvalue weighted by atomic mass is 35.5. The highest BCUT2D eigenvalue weighted by molar-refractivity contribution is 6.30. The molecule has 3 amide bonds. The van der Waals surface area contributed by atoms with E-state index in [0.717, 1.165) is 18.4 Å². The summed E-state index contributed by atoms with van der Waals surface area (Å²) in [4.78, 5) is 25.8. The molecule has 4 unspecified atom stereocenters. The lowest BCUT2D eigenvalue weighted by Gasteiger charge is -2.38. The first-order valence-corrected chi connectivity index (χ1v) is 13.2. The monoisotopic (exact) mass is 542 g/mol. The van der Waals surface area contributed by atoms with Crippen molar-refractivity contribution >= 4 is 23.7 Å². The molecule has 2 heterocycles. The van der Waals surface area contributed by atoms with Gasteiger partial charge in [-0.15, -0.1) is 0 Å². The molecule has 4 atom stereocenters. The van der Waals surface area contributed by atoms with Gasteiger partial charge in [-0.2, -0.15) is 0 Å². The number of morpholine rings is 1. The van der Waals surface area contributed by atoms with E-state index in [4.69, 9.17) is 30.9 Å². The number of halogens is 1. The molecule has 0 saturated carbocycles. The molecule has 5 N–H and O–H groups in total. The largest absolute Gasteiger partial charge is 0.465 e. The van der Waals surface area contributed by atoms with Crippen LogP contribution < -0.4 is 16.0 Å². The third-order valence-corrected chi connectivity index (χ3v) is 6.92. The summed E-state index contributed by atoms with van der Waals surface area (Å²) in [7, 11) is 1.77. The molecule has 0 bridgehead atoms. The number of ether oxygens (including phenoxy) is 3. The maximum Gasteiger partial charge on any atom is 0.404 e. The average Bonchev–Trinajstić information content (AvgIpc) is 2.89. The van der Waals surface area contributed by atoms with Crippen LogP contribution in [0.4, 0.5) is 9.59 Å². The van der Waals surface area contributed by atoms with Crippen molar-refractivity contribution in [2.24, 2.45) is 5.92 Å². The zero-order chi connectivity index (χ0) is 26.6. The molecule has 0 aliphatic carbocycles. The number of amides is 3. The Balaban J connectivity index is 1.66. The van der Waals surface area contributed by atoms with Crippen molar-refractivity contribution in [1.29, 1.82) is 0 Å². The molecular formula is C25H39ClN4O7. The van der Waals surface area contributed by atoms with Crippen LogP contribution in [0.5, 0.6) is 0 Å². The molecule has 11 nitrogen and oxygen atoms in total. The molecule has 2 aliphatic rings. The lowest BCUT2D eigenvalue weighted by Crippen LogP contribution is -2.56. The van der Waals surface area contributed by atoms with Crippen molar-refractivity contribution in [3.63, 3.8) is 0 Å². The number of hydrogen-bond acceptors (Lipinski definition) is 7. The van der Waals surface area contributed by atoms with Gasteiger partial charge in [0.1, 0.15) is 12.2 Å². The van der Waals surface area contributed by atoms with Gasteiger partial charge in [0.05, 0.1) is 31.9 Å². The maximum atomic E-state index is 13.3. The minimum atomic E-state index is -1.13. The molecule has 2 saturated heterocycles. The number of hydrogen-bond donors (Lipinski definition) is 5. The second-order valence-corrected chi connectivity index (χ2v) is 9.84. The standard InChI is InChI=1S/C25H39ClN4O7/c1-27-15-21(31)20(13-17-5-9-35-10-6-17)29-24(32)30-8-12-36-22(16-30)23(37-11-7-28-25(33)34)18-3-2-4-19(26)14-18/h2-4,14,17,20-23,27-28,31H,5-13,15-16H2,1H3,(H,29,32)(H,33,34). The van der Waals surface area contributed by atoms with Crippen molar-refractivity contribution in [2.75, 3.05) is 59.7 Å². The number of nitrogens with one attached hydrogen (secondary N) is 3. The van der Waals surface area contributed by atoms with Crippen LogP contribution in [0, 0.1) is 5.92 Å². The Bertz CT molecular complexity index is 858. The van der Waals surface area contributed by atoms with Gasteiger partial charge in [0, 0.05) is 37.9 Å². The second-order valence-electron chi connectivity index (χ2n) is 9.41. The van der Waals surface area contributed by atoms with Gasteiger partial charge in [-0.25, -0.2) is 9.59 Å². The molecule has 37 heavy (non-hydrogen) atoms. The van der Waals surface area contributed by atoms with Crippen molar-refractivity contribution < 1.29 is 34.0 Å². The number of benzene rings is 1. The molecule has 0 spiro atoms. The summed E-state index contributed by atoms with van der Waals surface area (Å²) in [5.41, 5.74) is 0.775. The Morgan fingerprint density at radius 3 is 2.76 bits per heavy atom. The molecule has 1 aromatic carbocycles. The summed E-state index contributed by atoms with van der Waals surface area (Å²) in [5.74, 6) is 0.378. The van der Waals surface area contributed by atoms with Gasteiger partial charge in [0.2, 0.25) is 0 Å². The molecule has 208 valence electrons. The minimum Gasteiger partial charge on any atom is -0.465 e. The topological polar surface area (TPSA) is 142 Å². The summed E-state index contributed by atoms with van der Waals surface area (Å²) < 4.78 is 17.5. The third-order valence-electron chi connectivity index (χ3n) is 6.69. The van der Waals surface area contributed by atoms with Gasteiger partial charge in [0.25, 0.3) is 0 Å². The third kappa shape index (κ3) is 9.59. The van der Waals surface area contributed by atoms with Crippen molar-refractivity contribution in [3.05, 3.63) is 34.9 Å². The second kappa shape index (κ2) is 15.3. The van der Waals surface area contributed by atoms with Crippen LogP contribution in [0.3, 0.4) is 0 Å². The zero-order valence-corrected chi connectivity index (χ0v) is 22.0. The summed E-state index contributed by atoms with van der Waals surface area (Å²) in [6.45, 7) is 2.99. The van der Waals surface area contributed by atoms with E-state index in [2.05, 4.69) is 16.0 Å². The lowest BCUT2D eigenvalue weighted by atomic mass is 9.90. The summed E-state index contributed by atoms with van der Waals surface area (Å²) in [5, 5.41) is 28.4. The normalized spacial score (nSPS) is 21.2. The molecule has 12 heteroatoms. The summed E-state index contributed by atoms with van der Waals surface area (Å²) in [6, 6.07) is 6.54. The molecule has 3 rings (SSSR count). The number of carbonyl (C=O) groups is 2. The molecule has 2 aliphatic heterocycles. The Morgan fingerprint density at radius 1 is 1.27 bits per heavy atom. The number of urea groups is 1. The zero-order valence-electron chi connectivity index (χ0n) is 21.2.